The third-order valence-corrected chi connectivity index (χ3v) is 5.75. The van der Waals surface area contributed by atoms with Crippen molar-refractivity contribution in [2.24, 2.45) is 11.7 Å². The SMILES string of the molecule is Cc1cc(C(=O)N2CCCC2C(=O)NC2CCCC2CN)ccc1[N+](=O)[O-]. The highest BCUT2D eigenvalue weighted by molar-refractivity contribution is 5.98. The summed E-state index contributed by atoms with van der Waals surface area (Å²) in [6.45, 7) is 2.68. The van der Waals surface area contributed by atoms with Gasteiger partial charge in [-0.2, -0.15) is 0 Å². The van der Waals surface area contributed by atoms with Crippen molar-refractivity contribution in [2.45, 2.75) is 51.1 Å². The largest absolute Gasteiger partial charge is 0.351 e. The van der Waals surface area contributed by atoms with Crippen molar-refractivity contribution in [3.63, 3.8) is 0 Å². The van der Waals surface area contributed by atoms with Gasteiger partial charge in [-0.15, -0.1) is 0 Å². The monoisotopic (exact) mass is 374 g/mol. The first-order valence-electron chi connectivity index (χ1n) is 9.48. The number of nitro benzene ring substituents is 1. The van der Waals surface area contributed by atoms with Crippen LogP contribution in [0.5, 0.6) is 0 Å². The average molecular weight is 374 g/mol. The Kier molecular flexibility index (Phi) is 5.74. The van der Waals surface area contributed by atoms with E-state index in [0.29, 0.717) is 36.6 Å². The van der Waals surface area contributed by atoms with Gasteiger partial charge in [0.1, 0.15) is 6.04 Å². The lowest BCUT2D eigenvalue weighted by Gasteiger charge is -2.27. The molecule has 146 valence electrons. The minimum atomic E-state index is -0.493. The summed E-state index contributed by atoms with van der Waals surface area (Å²) in [7, 11) is 0. The topological polar surface area (TPSA) is 119 Å². The van der Waals surface area contributed by atoms with Gasteiger partial charge in [0.2, 0.25) is 5.91 Å². The number of amides is 2. The number of rotatable bonds is 5. The highest BCUT2D eigenvalue weighted by Gasteiger charge is 2.37. The van der Waals surface area contributed by atoms with Crippen molar-refractivity contribution in [1.29, 1.82) is 0 Å². The van der Waals surface area contributed by atoms with Crippen LogP contribution in [0.3, 0.4) is 0 Å². The average Bonchev–Trinajstić information content (AvgIpc) is 3.29. The highest BCUT2D eigenvalue weighted by atomic mass is 16.6. The van der Waals surface area contributed by atoms with Gasteiger partial charge in [-0.25, -0.2) is 0 Å². The van der Waals surface area contributed by atoms with E-state index in [9.17, 15) is 19.7 Å². The molecular weight excluding hydrogens is 348 g/mol. The maximum atomic E-state index is 12.9. The standard InChI is InChI=1S/C19H26N4O4/c1-12-10-13(7-8-16(12)23(26)27)19(25)22-9-3-6-17(22)18(24)21-15-5-2-4-14(15)11-20/h7-8,10,14-15,17H,2-6,9,11,20H2,1H3,(H,21,24). The predicted molar refractivity (Wildman–Crippen MR) is 100 cm³/mol. The molecule has 27 heavy (non-hydrogen) atoms. The van der Waals surface area contributed by atoms with Crippen molar-refractivity contribution in [3.8, 4) is 0 Å². The number of nitrogens with zero attached hydrogens (tertiary/aromatic N) is 2. The predicted octanol–water partition coefficient (Wildman–Crippen LogP) is 1.75. The molecule has 0 aromatic heterocycles. The van der Waals surface area contributed by atoms with E-state index in [0.717, 1.165) is 25.7 Å². The lowest BCUT2D eigenvalue weighted by molar-refractivity contribution is -0.385. The number of hydrogen-bond donors (Lipinski definition) is 2. The van der Waals surface area contributed by atoms with E-state index in [1.54, 1.807) is 11.8 Å². The van der Waals surface area contributed by atoms with E-state index in [-0.39, 0.29) is 23.5 Å². The zero-order valence-electron chi connectivity index (χ0n) is 15.5. The molecule has 0 bridgehead atoms. The Morgan fingerprint density at radius 2 is 2.07 bits per heavy atom. The maximum absolute atomic E-state index is 12.9. The second-order valence-corrected chi connectivity index (χ2v) is 7.46. The normalized spacial score (nSPS) is 24.8. The molecule has 1 saturated heterocycles. The molecule has 8 nitrogen and oxygen atoms in total. The van der Waals surface area contributed by atoms with Crippen LogP contribution in [0.1, 0.15) is 48.0 Å². The van der Waals surface area contributed by atoms with Gasteiger partial charge in [-0.3, -0.25) is 19.7 Å². The summed E-state index contributed by atoms with van der Waals surface area (Å²) in [6, 6.07) is 3.92. The number of aryl methyl sites for hydroxylation is 1. The van der Waals surface area contributed by atoms with E-state index in [1.165, 1.54) is 18.2 Å². The van der Waals surface area contributed by atoms with Crippen LogP contribution in [0, 0.1) is 23.0 Å². The van der Waals surface area contributed by atoms with Gasteiger partial charge in [0.15, 0.2) is 0 Å². The van der Waals surface area contributed by atoms with Crippen LogP contribution in [0.2, 0.25) is 0 Å². The van der Waals surface area contributed by atoms with Gasteiger partial charge in [0, 0.05) is 29.8 Å². The first-order chi connectivity index (χ1) is 12.9. The van der Waals surface area contributed by atoms with Crippen LogP contribution < -0.4 is 11.1 Å². The Balaban J connectivity index is 1.71. The van der Waals surface area contributed by atoms with E-state index < -0.39 is 11.0 Å². The number of likely N-dealkylation sites (tertiary alicyclic amines) is 1. The second kappa shape index (κ2) is 8.04. The summed E-state index contributed by atoms with van der Waals surface area (Å²) in [4.78, 5) is 37.8. The maximum Gasteiger partial charge on any atom is 0.272 e. The molecule has 2 aliphatic rings. The Morgan fingerprint density at radius 3 is 2.74 bits per heavy atom. The summed E-state index contributed by atoms with van der Waals surface area (Å²) in [5.74, 6) is -0.0749. The summed E-state index contributed by atoms with van der Waals surface area (Å²) in [6.07, 6.45) is 4.40. The molecule has 1 aliphatic carbocycles. The number of nitrogens with one attached hydrogen (secondary N) is 1. The number of carbonyl (C=O) groups excluding carboxylic acids is 2. The van der Waals surface area contributed by atoms with Gasteiger partial charge in [-0.05, 0) is 57.2 Å². The molecular formula is C19H26N4O4. The fraction of sp³-hybridized carbons (Fsp3) is 0.579. The first-order valence-corrected chi connectivity index (χ1v) is 9.48. The molecule has 1 aliphatic heterocycles. The Hall–Kier alpha value is -2.48. The van der Waals surface area contributed by atoms with Crippen molar-refractivity contribution in [1.82, 2.24) is 10.2 Å². The van der Waals surface area contributed by atoms with E-state index in [2.05, 4.69) is 5.32 Å². The lowest BCUT2D eigenvalue weighted by atomic mass is 10.0. The number of hydrogen-bond acceptors (Lipinski definition) is 5. The number of nitrogens with two attached hydrogens (primary N) is 1. The molecule has 2 fully saturated rings. The number of carbonyl (C=O) groups is 2. The van der Waals surface area contributed by atoms with E-state index in [1.807, 2.05) is 0 Å². The molecule has 0 radical (unpaired) electrons. The summed E-state index contributed by atoms with van der Waals surface area (Å²) < 4.78 is 0. The summed E-state index contributed by atoms with van der Waals surface area (Å²) in [5, 5.41) is 14.1. The van der Waals surface area contributed by atoms with Crippen molar-refractivity contribution in [2.75, 3.05) is 13.1 Å². The highest BCUT2D eigenvalue weighted by Crippen LogP contribution is 2.27. The molecule has 1 saturated carbocycles. The molecule has 1 aromatic carbocycles. The van der Waals surface area contributed by atoms with Crippen LogP contribution in [0.4, 0.5) is 5.69 Å². The van der Waals surface area contributed by atoms with Crippen molar-refractivity contribution >= 4 is 17.5 Å². The zero-order chi connectivity index (χ0) is 19.6. The molecule has 2 amide bonds. The van der Waals surface area contributed by atoms with Gasteiger partial charge >= 0.3 is 0 Å². The molecule has 8 heteroatoms. The zero-order valence-corrected chi connectivity index (χ0v) is 15.5. The fourth-order valence-electron chi connectivity index (χ4n) is 4.23. The van der Waals surface area contributed by atoms with Gasteiger partial charge < -0.3 is 16.0 Å². The molecule has 3 atom stereocenters. The minimum Gasteiger partial charge on any atom is -0.351 e. The first kappa shape index (κ1) is 19.3. The van der Waals surface area contributed by atoms with Crippen LogP contribution in [-0.4, -0.2) is 46.8 Å². The third-order valence-electron chi connectivity index (χ3n) is 5.75. The van der Waals surface area contributed by atoms with E-state index >= 15 is 0 Å². The molecule has 1 heterocycles. The van der Waals surface area contributed by atoms with E-state index in [4.69, 9.17) is 5.73 Å². The van der Waals surface area contributed by atoms with Gasteiger partial charge in [0.05, 0.1) is 4.92 Å². The van der Waals surface area contributed by atoms with Gasteiger partial charge in [-0.1, -0.05) is 6.42 Å². The molecule has 0 spiro atoms. The molecule has 3 rings (SSSR count). The quantitative estimate of drug-likeness (QED) is 0.601. The van der Waals surface area contributed by atoms with Crippen molar-refractivity contribution in [3.05, 3.63) is 39.4 Å². The third kappa shape index (κ3) is 3.95. The Bertz CT molecular complexity index is 751. The van der Waals surface area contributed by atoms with Crippen LogP contribution in [0.25, 0.3) is 0 Å². The summed E-state index contributed by atoms with van der Waals surface area (Å²) in [5.41, 5.74) is 6.58. The second-order valence-electron chi connectivity index (χ2n) is 7.46. The van der Waals surface area contributed by atoms with Gasteiger partial charge in [0.25, 0.3) is 11.6 Å². The molecule has 1 aromatic rings. The molecule has 3 unspecified atom stereocenters. The lowest BCUT2D eigenvalue weighted by Crippen LogP contribution is -2.50. The Labute approximate surface area is 158 Å². The minimum absolute atomic E-state index is 0.0173. The number of nitro groups is 1. The fourth-order valence-corrected chi connectivity index (χ4v) is 4.23. The Morgan fingerprint density at radius 1 is 1.30 bits per heavy atom. The van der Waals surface area contributed by atoms with Crippen LogP contribution >= 0.6 is 0 Å². The van der Waals surface area contributed by atoms with Crippen molar-refractivity contribution < 1.29 is 14.5 Å². The van der Waals surface area contributed by atoms with Crippen LogP contribution in [-0.2, 0) is 4.79 Å². The summed E-state index contributed by atoms with van der Waals surface area (Å²) >= 11 is 0. The smallest absolute Gasteiger partial charge is 0.272 e. The number of benzene rings is 1. The van der Waals surface area contributed by atoms with Crippen LogP contribution in [0.15, 0.2) is 18.2 Å². The molecule has 3 N–H and O–H groups in total.